The molecule has 0 radical (unpaired) electrons. The summed E-state index contributed by atoms with van der Waals surface area (Å²) < 4.78 is 30.5. The second-order valence-corrected chi connectivity index (χ2v) is 13.8. The summed E-state index contributed by atoms with van der Waals surface area (Å²) in [7, 11) is 9.74. The Morgan fingerprint density at radius 3 is 0.471 bits per heavy atom. The van der Waals surface area contributed by atoms with Crippen LogP contribution in [0.15, 0.2) is 182 Å². The van der Waals surface area contributed by atoms with E-state index in [4.69, 9.17) is 28.4 Å². The topological polar surface area (TPSA) is 107 Å². The largest absolute Gasteiger partial charge is 0.497 e. The van der Waals surface area contributed by atoms with E-state index in [0.717, 1.165) is 67.9 Å². The van der Waals surface area contributed by atoms with Gasteiger partial charge in [-0.2, -0.15) is 0 Å². The van der Waals surface area contributed by atoms with Crippen LogP contribution in [0, 0.1) is 0 Å². The molecule has 0 saturated carbocycles. The number of allylic oxidation sites excluding steroid dienone is 6. The van der Waals surface area contributed by atoms with E-state index in [1.54, 1.807) is 116 Å². The van der Waals surface area contributed by atoms with E-state index in [9.17, 15) is 14.4 Å². The number of carbonyl (C=O) groups is 3. The summed E-state index contributed by atoms with van der Waals surface area (Å²) >= 11 is 0. The molecule has 0 spiro atoms. The normalized spacial score (nSPS) is 10.7. The Balaban J connectivity index is 0.000000345. The molecule has 6 aromatic carbocycles. The molecule has 6 aromatic rings. The molecule has 68 heavy (non-hydrogen) atoms. The van der Waals surface area contributed by atoms with E-state index in [1.807, 2.05) is 146 Å². The number of hydrogen-bond acceptors (Lipinski definition) is 9. The van der Waals surface area contributed by atoms with Gasteiger partial charge in [0.2, 0.25) is 0 Å². The molecule has 0 bridgehead atoms. The first-order valence-corrected chi connectivity index (χ1v) is 20.7. The third-order valence-corrected chi connectivity index (χ3v) is 9.34. The van der Waals surface area contributed by atoms with Gasteiger partial charge in [-0.3, -0.25) is 14.4 Å². The Kier molecular flexibility index (Phi) is 27.3. The number of carbonyl (C=O) groups excluding carboxylic acids is 3. The summed E-state index contributed by atoms with van der Waals surface area (Å²) in [5.41, 5.74) is 5.71. The summed E-state index contributed by atoms with van der Waals surface area (Å²) in [5.74, 6) is 4.58. The molecule has 0 aliphatic rings. The van der Waals surface area contributed by atoms with E-state index >= 15 is 0 Å². The van der Waals surface area contributed by atoms with E-state index in [0.29, 0.717) is 0 Å². The van der Waals surface area contributed by atoms with E-state index in [1.165, 1.54) is 0 Å². The van der Waals surface area contributed by atoms with Crippen LogP contribution >= 0.6 is 0 Å². The third-order valence-electron chi connectivity index (χ3n) is 9.34. The molecule has 0 fully saturated rings. The molecular formula is C57H54O9Pd2. The Labute approximate surface area is 427 Å². The van der Waals surface area contributed by atoms with Gasteiger partial charge in [-0.25, -0.2) is 0 Å². The van der Waals surface area contributed by atoms with Crippen LogP contribution in [-0.2, 0) is 55.2 Å². The predicted octanol–water partition coefficient (Wildman–Crippen LogP) is 12.0. The maximum atomic E-state index is 11.8. The second-order valence-electron chi connectivity index (χ2n) is 13.8. The van der Waals surface area contributed by atoms with Crippen molar-refractivity contribution < 1.29 is 83.7 Å². The van der Waals surface area contributed by atoms with Gasteiger partial charge in [-0.1, -0.05) is 109 Å². The van der Waals surface area contributed by atoms with Gasteiger partial charge in [0.1, 0.15) is 34.5 Å². The molecule has 0 saturated heterocycles. The molecule has 11 heteroatoms. The second kappa shape index (κ2) is 32.5. The Hall–Kier alpha value is -7.11. The molecule has 0 amide bonds. The SMILES string of the molecule is COc1ccc(/C=C/C(=O)/C=C/c2ccc(OC)cc2)cc1.COc1ccc(/C=C/C(=O)/C=C/c2ccc(OC)cc2)cc1.COc1ccc(/C=C/C(=O)/C=C/c2ccc(OC)cc2)cc1.[Pd].[Pd]. The number of hydrogen-bond donors (Lipinski definition) is 0. The van der Waals surface area contributed by atoms with Gasteiger partial charge in [-0.15, -0.1) is 0 Å². The van der Waals surface area contributed by atoms with Crippen molar-refractivity contribution in [1.82, 2.24) is 0 Å². The van der Waals surface area contributed by atoms with E-state index < -0.39 is 0 Å². The zero-order valence-electron chi connectivity index (χ0n) is 38.6. The Morgan fingerprint density at radius 1 is 0.250 bits per heavy atom. The Morgan fingerprint density at radius 2 is 0.368 bits per heavy atom. The minimum absolute atomic E-state index is 0. The number of benzene rings is 6. The molecule has 0 aliphatic heterocycles. The van der Waals surface area contributed by atoms with Crippen LogP contribution in [0.2, 0.25) is 0 Å². The van der Waals surface area contributed by atoms with Crippen molar-refractivity contribution in [2.45, 2.75) is 0 Å². The average molecular weight is 1100 g/mol. The Bertz CT molecular complexity index is 2120. The summed E-state index contributed by atoms with van der Waals surface area (Å²) in [6.45, 7) is 0. The molecule has 0 N–H and O–H groups in total. The smallest absolute Gasteiger partial charge is 0.178 e. The van der Waals surface area contributed by atoms with Gasteiger partial charge in [0.05, 0.1) is 42.7 Å². The molecule has 0 heterocycles. The van der Waals surface area contributed by atoms with Crippen LogP contribution < -0.4 is 28.4 Å². The zero-order chi connectivity index (χ0) is 47.4. The summed E-state index contributed by atoms with van der Waals surface area (Å²) in [6, 6.07) is 45.1. The molecule has 0 aromatic heterocycles. The number of ether oxygens (including phenoxy) is 6. The molecule has 356 valence electrons. The fraction of sp³-hybridized carbons (Fsp3) is 0.105. The number of ketones is 3. The first-order chi connectivity index (χ1) is 32.1. The van der Waals surface area contributed by atoms with Gasteiger partial charge in [0.15, 0.2) is 17.3 Å². The van der Waals surface area contributed by atoms with Crippen LogP contribution in [0.25, 0.3) is 36.5 Å². The summed E-state index contributed by atoms with van der Waals surface area (Å²) in [4.78, 5) is 35.4. The molecule has 0 unspecified atom stereocenters. The van der Waals surface area contributed by atoms with Gasteiger partial charge < -0.3 is 28.4 Å². The fourth-order valence-electron chi connectivity index (χ4n) is 5.53. The van der Waals surface area contributed by atoms with Crippen molar-refractivity contribution in [2.24, 2.45) is 0 Å². The van der Waals surface area contributed by atoms with Crippen molar-refractivity contribution in [3.63, 3.8) is 0 Å². The average Bonchev–Trinajstić information content (AvgIpc) is 3.38. The van der Waals surface area contributed by atoms with Gasteiger partial charge in [-0.05, 0) is 143 Å². The van der Waals surface area contributed by atoms with Crippen molar-refractivity contribution in [2.75, 3.05) is 42.7 Å². The zero-order valence-corrected chi connectivity index (χ0v) is 41.7. The van der Waals surface area contributed by atoms with Crippen molar-refractivity contribution in [1.29, 1.82) is 0 Å². The maximum Gasteiger partial charge on any atom is 0.178 e. The minimum atomic E-state index is -0.0633. The number of rotatable bonds is 18. The van der Waals surface area contributed by atoms with E-state index in [2.05, 4.69) is 0 Å². The number of methoxy groups -OCH3 is 6. The predicted molar refractivity (Wildman–Crippen MR) is 267 cm³/mol. The fourth-order valence-corrected chi connectivity index (χ4v) is 5.53. The van der Waals surface area contributed by atoms with Crippen LogP contribution in [0.3, 0.4) is 0 Å². The monoisotopic (exact) mass is 1090 g/mol. The van der Waals surface area contributed by atoms with E-state index in [-0.39, 0.29) is 58.2 Å². The summed E-state index contributed by atoms with van der Waals surface area (Å²) in [6.07, 6.45) is 19.9. The quantitative estimate of drug-likeness (QED) is 0.0614. The van der Waals surface area contributed by atoms with Gasteiger partial charge in [0.25, 0.3) is 0 Å². The van der Waals surface area contributed by atoms with Gasteiger partial charge in [0, 0.05) is 40.8 Å². The standard InChI is InChI=1S/3C19H18O3.2Pd/c3*1-21-18-11-5-15(6-12-18)3-9-17(20)10-4-16-7-13-19(22-2)14-8-16;;/h3*3-14H,1-2H3;;/b3*9-3+,10-4+;;. The van der Waals surface area contributed by atoms with Crippen molar-refractivity contribution in [3.8, 4) is 34.5 Å². The maximum absolute atomic E-state index is 11.8. The van der Waals surface area contributed by atoms with Crippen molar-refractivity contribution >= 4 is 53.8 Å². The first-order valence-electron chi connectivity index (χ1n) is 20.7. The molecule has 6 rings (SSSR count). The molecule has 9 nitrogen and oxygen atoms in total. The molecule has 0 atom stereocenters. The van der Waals surface area contributed by atoms with Crippen LogP contribution in [0.1, 0.15) is 33.4 Å². The molecule has 0 aliphatic carbocycles. The van der Waals surface area contributed by atoms with Crippen molar-refractivity contribution in [3.05, 3.63) is 215 Å². The van der Waals surface area contributed by atoms with Crippen LogP contribution in [0.5, 0.6) is 34.5 Å². The summed E-state index contributed by atoms with van der Waals surface area (Å²) in [5, 5.41) is 0. The van der Waals surface area contributed by atoms with Gasteiger partial charge >= 0.3 is 0 Å². The van der Waals surface area contributed by atoms with Crippen LogP contribution in [0.4, 0.5) is 0 Å². The minimum Gasteiger partial charge on any atom is -0.497 e. The van der Waals surface area contributed by atoms with Crippen LogP contribution in [-0.4, -0.2) is 60.0 Å². The first kappa shape index (κ1) is 57.0. The molecular weight excluding hydrogens is 1040 g/mol. The third kappa shape index (κ3) is 21.9.